The van der Waals surface area contributed by atoms with Crippen molar-refractivity contribution >= 4 is 20.4 Å². The van der Waals surface area contributed by atoms with Gasteiger partial charge >= 0.3 is 11.9 Å². The molecule has 0 saturated heterocycles. The van der Waals surface area contributed by atoms with Gasteiger partial charge in [-0.3, -0.25) is 19.5 Å². The van der Waals surface area contributed by atoms with Crippen LogP contribution in [0.1, 0.15) is 6.42 Å². The van der Waals surface area contributed by atoms with Crippen molar-refractivity contribution in [3.8, 4) is 0 Å². The van der Waals surface area contributed by atoms with Gasteiger partial charge in [-0.1, -0.05) is 0 Å². The lowest BCUT2D eigenvalue weighted by Gasteiger charge is -2.08. The zero-order valence-corrected chi connectivity index (χ0v) is 6.95. The highest BCUT2D eigenvalue weighted by molar-refractivity contribution is 7.23. The van der Waals surface area contributed by atoms with Gasteiger partial charge in [-0.05, 0) is 0 Å². The molecule has 0 aromatic rings. The van der Waals surface area contributed by atoms with E-state index in [0.29, 0.717) is 0 Å². The minimum Gasteiger partial charge on any atom is -0.481 e. The number of carbonyl (C=O) groups is 2. The lowest BCUT2D eigenvalue weighted by Crippen LogP contribution is -2.37. The van der Waals surface area contributed by atoms with Crippen molar-refractivity contribution in [3.63, 3.8) is 0 Å². The van der Waals surface area contributed by atoms with E-state index in [4.69, 9.17) is 10.2 Å². The molecule has 7 heteroatoms. The molecule has 0 aliphatic rings. The number of hydrogen-bond donors (Lipinski definition) is 3. The van der Waals surface area contributed by atoms with Gasteiger partial charge in [-0.2, -0.15) is 0 Å². The molecule has 68 valence electrons. The van der Waals surface area contributed by atoms with Crippen LogP contribution in [0.4, 0.5) is 0 Å². The Hall–Kier alpha value is -1.00. The molecule has 6 nitrogen and oxygen atoms in total. The molecule has 1 atom stereocenters. The van der Waals surface area contributed by atoms with Crippen LogP contribution in [0.3, 0.4) is 0 Å². The molecular weight excluding hydrogens is 185 g/mol. The molecule has 0 rings (SSSR count). The first-order chi connectivity index (χ1) is 5.57. The van der Waals surface area contributed by atoms with E-state index in [1.165, 1.54) is 0 Å². The molecule has 0 aromatic carbocycles. The summed E-state index contributed by atoms with van der Waals surface area (Å²) in [5.41, 5.74) is 0. The van der Waals surface area contributed by atoms with E-state index in [0.717, 1.165) is 0 Å². The first-order valence-corrected chi connectivity index (χ1v) is 4.04. The molecule has 0 unspecified atom stereocenters. The summed E-state index contributed by atoms with van der Waals surface area (Å²) in [5, 5.41) is 19.0. The molecule has 0 amide bonds. The zero-order valence-electron chi connectivity index (χ0n) is 6.06. The van der Waals surface area contributed by atoms with Crippen LogP contribution in [0.25, 0.3) is 0 Å². The van der Waals surface area contributed by atoms with Gasteiger partial charge in [-0.25, -0.2) is 0 Å². The lowest BCUT2D eigenvalue weighted by molar-refractivity contribution is -0.145. The molecule has 0 aliphatic heterocycles. The third-order valence-electron chi connectivity index (χ3n) is 1.08. The van der Waals surface area contributed by atoms with Crippen LogP contribution in [-0.2, 0) is 14.2 Å². The van der Waals surface area contributed by atoms with Crippen molar-refractivity contribution in [1.29, 1.82) is 0 Å². The van der Waals surface area contributed by atoms with E-state index in [9.17, 15) is 14.2 Å². The Balaban J connectivity index is 3.94. The maximum absolute atomic E-state index is 10.3. The number of aliphatic carboxylic acids is 2. The van der Waals surface area contributed by atoms with Crippen molar-refractivity contribution in [2.45, 2.75) is 12.5 Å². The van der Waals surface area contributed by atoms with E-state index >= 15 is 0 Å². The summed E-state index contributed by atoms with van der Waals surface area (Å²) < 4.78 is 9.91. The largest absolute Gasteiger partial charge is 0.481 e. The predicted octanol–water partition coefficient (Wildman–Crippen LogP) is -0.247. The van der Waals surface area contributed by atoms with Gasteiger partial charge in [0.1, 0.15) is 6.04 Å². The molecule has 0 bridgehead atoms. The van der Waals surface area contributed by atoms with Crippen LogP contribution < -0.4 is 5.32 Å². The predicted molar refractivity (Wildman–Crippen MR) is 39.3 cm³/mol. The standard InChI is InChI=1S/C5H8NO5P/c7-4(8)1-3(5(9)10)6-2-12-11/h3,6H,1-2H2,(H,7,8)(H,9,10)/t3-/m0/s1. The van der Waals surface area contributed by atoms with Crippen molar-refractivity contribution in [3.05, 3.63) is 0 Å². The van der Waals surface area contributed by atoms with Gasteiger partial charge in [0.15, 0.2) is 8.46 Å². The Morgan fingerprint density at radius 2 is 2.00 bits per heavy atom. The second-order valence-corrected chi connectivity index (χ2v) is 2.55. The molecule has 12 heavy (non-hydrogen) atoms. The molecule has 0 aromatic heterocycles. The Labute approximate surface area is 69.8 Å². The zero-order chi connectivity index (χ0) is 9.56. The maximum Gasteiger partial charge on any atom is 0.321 e. The summed E-state index contributed by atoms with van der Waals surface area (Å²) in [5.74, 6) is -2.47. The summed E-state index contributed by atoms with van der Waals surface area (Å²) >= 11 is 0. The van der Waals surface area contributed by atoms with E-state index in [2.05, 4.69) is 5.32 Å². The highest BCUT2D eigenvalue weighted by Gasteiger charge is 2.19. The number of rotatable bonds is 6. The average molecular weight is 193 g/mol. The Morgan fingerprint density at radius 1 is 1.42 bits per heavy atom. The fourth-order valence-electron chi connectivity index (χ4n) is 0.569. The second kappa shape index (κ2) is 5.62. The van der Waals surface area contributed by atoms with Crippen molar-refractivity contribution in [2.24, 2.45) is 0 Å². The van der Waals surface area contributed by atoms with Crippen molar-refractivity contribution in [2.75, 3.05) is 6.29 Å². The van der Waals surface area contributed by atoms with Gasteiger partial charge in [0.25, 0.3) is 0 Å². The molecule has 0 aliphatic carbocycles. The minimum absolute atomic E-state index is 0.0652. The Morgan fingerprint density at radius 3 is 2.33 bits per heavy atom. The summed E-state index contributed by atoms with van der Waals surface area (Å²) in [6, 6.07) is -1.18. The molecular formula is C5H8NO5P. The van der Waals surface area contributed by atoms with Gasteiger partial charge < -0.3 is 10.2 Å². The molecule has 0 fully saturated rings. The number of carboxylic acid groups (broad SMARTS) is 2. The monoisotopic (exact) mass is 193 g/mol. The maximum atomic E-state index is 10.3. The molecule has 0 radical (unpaired) electrons. The van der Waals surface area contributed by atoms with Gasteiger partial charge in [0.05, 0.1) is 12.7 Å². The van der Waals surface area contributed by atoms with Crippen LogP contribution >= 0.6 is 8.46 Å². The smallest absolute Gasteiger partial charge is 0.321 e. The molecule has 0 saturated carbocycles. The summed E-state index contributed by atoms with van der Waals surface area (Å²) in [7, 11) is -0.260. The average Bonchev–Trinajstić information content (AvgIpc) is 1.96. The Kier molecular flexibility index (Phi) is 5.16. The number of hydrogen-bond acceptors (Lipinski definition) is 4. The van der Waals surface area contributed by atoms with Crippen LogP contribution in [0, 0.1) is 0 Å². The topological polar surface area (TPSA) is 104 Å². The lowest BCUT2D eigenvalue weighted by atomic mass is 10.2. The van der Waals surface area contributed by atoms with E-state index in [1.54, 1.807) is 0 Å². The number of carboxylic acids is 2. The number of nitrogens with one attached hydrogen (secondary N) is 1. The third-order valence-corrected chi connectivity index (χ3v) is 1.39. The summed E-state index contributed by atoms with van der Waals surface area (Å²) in [4.78, 5) is 20.4. The fourth-order valence-corrected chi connectivity index (χ4v) is 0.864. The van der Waals surface area contributed by atoms with Crippen LogP contribution in [0.15, 0.2) is 0 Å². The van der Waals surface area contributed by atoms with Crippen LogP contribution in [-0.4, -0.2) is 34.5 Å². The minimum atomic E-state index is -1.26. The molecule has 3 N–H and O–H groups in total. The van der Waals surface area contributed by atoms with Crippen LogP contribution in [0.5, 0.6) is 0 Å². The quantitative estimate of drug-likeness (QED) is 0.502. The second-order valence-electron chi connectivity index (χ2n) is 1.98. The Bertz CT molecular complexity index is 194. The van der Waals surface area contributed by atoms with Gasteiger partial charge in [0.2, 0.25) is 0 Å². The highest BCUT2D eigenvalue weighted by Crippen LogP contribution is 1.95. The first-order valence-electron chi connectivity index (χ1n) is 3.05. The summed E-state index contributed by atoms with van der Waals surface area (Å²) in [6.07, 6.45) is -0.588. The molecule has 0 spiro atoms. The van der Waals surface area contributed by atoms with E-state index in [-0.39, 0.29) is 14.7 Å². The van der Waals surface area contributed by atoms with E-state index < -0.39 is 24.4 Å². The van der Waals surface area contributed by atoms with Gasteiger partial charge in [-0.15, -0.1) is 0 Å². The van der Waals surface area contributed by atoms with Crippen molar-refractivity contribution < 1.29 is 24.4 Å². The SMILES string of the molecule is O=PCN[C@@H](CC(=O)O)C(=O)O. The van der Waals surface area contributed by atoms with Crippen LogP contribution in [0.2, 0.25) is 0 Å². The van der Waals surface area contributed by atoms with E-state index in [1.807, 2.05) is 0 Å². The summed E-state index contributed by atoms with van der Waals surface area (Å²) in [6.45, 7) is 0. The van der Waals surface area contributed by atoms with Crippen molar-refractivity contribution in [1.82, 2.24) is 5.32 Å². The normalized spacial score (nSPS) is 12.7. The highest BCUT2D eigenvalue weighted by atomic mass is 31.1. The fraction of sp³-hybridized carbons (Fsp3) is 0.600. The first kappa shape index (κ1) is 11.0. The van der Waals surface area contributed by atoms with Gasteiger partial charge in [0, 0.05) is 0 Å². The third kappa shape index (κ3) is 4.76. The molecule has 0 heterocycles.